The molecule has 0 radical (unpaired) electrons. The molecule has 0 aliphatic carbocycles. The second kappa shape index (κ2) is 5.53. The molecule has 0 saturated carbocycles. The number of carbonyl (C=O) groups is 2. The molecule has 1 aliphatic heterocycles. The van der Waals surface area contributed by atoms with E-state index in [9.17, 15) is 9.59 Å². The normalized spacial score (nSPS) is 13.4. The minimum Gasteiger partial charge on any atom is -0.451 e. The Kier molecular flexibility index (Phi) is 3.34. The Labute approximate surface area is 138 Å². The molecular formula is C19H16N2O3. The number of amides is 2. The Hall–Kier alpha value is -3.08. The SMILES string of the molecule is CCN1C(=O)Cc2cc(NC(=O)c3cc4ccccc4o3)ccc21. The number of furan rings is 1. The number of benzene rings is 2. The molecule has 0 fully saturated rings. The van der Waals surface area contributed by atoms with Gasteiger partial charge in [0.05, 0.1) is 6.42 Å². The van der Waals surface area contributed by atoms with Crippen molar-refractivity contribution < 1.29 is 14.0 Å². The van der Waals surface area contributed by atoms with E-state index < -0.39 is 0 Å². The van der Waals surface area contributed by atoms with Gasteiger partial charge in [-0.2, -0.15) is 0 Å². The molecule has 1 aromatic heterocycles. The first-order valence-corrected chi connectivity index (χ1v) is 7.89. The molecule has 0 bridgehead atoms. The molecule has 0 atom stereocenters. The second-order valence-electron chi connectivity index (χ2n) is 5.76. The number of fused-ring (bicyclic) bond motifs is 2. The maximum Gasteiger partial charge on any atom is 0.291 e. The Balaban J connectivity index is 1.58. The zero-order chi connectivity index (χ0) is 16.7. The lowest BCUT2D eigenvalue weighted by Crippen LogP contribution is -2.25. The third-order valence-electron chi connectivity index (χ3n) is 4.24. The first-order chi connectivity index (χ1) is 11.7. The molecule has 2 heterocycles. The molecule has 0 spiro atoms. The van der Waals surface area contributed by atoms with Crippen molar-refractivity contribution in [3.05, 3.63) is 59.9 Å². The van der Waals surface area contributed by atoms with Gasteiger partial charge < -0.3 is 14.6 Å². The summed E-state index contributed by atoms with van der Waals surface area (Å²) in [4.78, 5) is 26.1. The van der Waals surface area contributed by atoms with Gasteiger partial charge >= 0.3 is 0 Å². The molecule has 2 aromatic carbocycles. The molecule has 3 aromatic rings. The van der Waals surface area contributed by atoms with Gasteiger partial charge in [-0.05, 0) is 42.8 Å². The zero-order valence-electron chi connectivity index (χ0n) is 13.2. The number of para-hydroxylation sites is 1. The van der Waals surface area contributed by atoms with Gasteiger partial charge in [0.1, 0.15) is 5.58 Å². The maximum atomic E-state index is 12.4. The van der Waals surface area contributed by atoms with Crippen molar-refractivity contribution in [2.75, 3.05) is 16.8 Å². The molecule has 24 heavy (non-hydrogen) atoms. The first kappa shape index (κ1) is 14.5. The van der Waals surface area contributed by atoms with Gasteiger partial charge in [0.2, 0.25) is 5.91 Å². The summed E-state index contributed by atoms with van der Waals surface area (Å²) in [6.45, 7) is 2.60. The van der Waals surface area contributed by atoms with Gasteiger partial charge in [0.15, 0.2) is 5.76 Å². The van der Waals surface area contributed by atoms with E-state index >= 15 is 0 Å². The quantitative estimate of drug-likeness (QED) is 0.802. The summed E-state index contributed by atoms with van der Waals surface area (Å²) in [6, 6.07) is 14.7. The van der Waals surface area contributed by atoms with E-state index in [2.05, 4.69) is 5.32 Å². The Morgan fingerprint density at radius 1 is 1.21 bits per heavy atom. The van der Waals surface area contributed by atoms with Gasteiger partial charge in [0.25, 0.3) is 5.91 Å². The van der Waals surface area contributed by atoms with E-state index in [1.807, 2.05) is 43.3 Å². The summed E-state index contributed by atoms with van der Waals surface area (Å²) in [5.74, 6) is 0.0547. The third-order valence-corrected chi connectivity index (χ3v) is 4.24. The largest absolute Gasteiger partial charge is 0.451 e. The van der Waals surface area contributed by atoms with Crippen LogP contribution in [0.3, 0.4) is 0 Å². The van der Waals surface area contributed by atoms with Crippen molar-refractivity contribution in [3.63, 3.8) is 0 Å². The lowest BCUT2D eigenvalue weighted by Gasteiger charge is -2.14. The highest BCUT2D eigenvalue weighted by molar-refractivity contribution is 6.06. The fourth-order valence-electron chi connectivity index (χ4n) is 3.09. The van der Waals surface area contributed by atoms with Crippen molar-refractivity contribution in [2.45, 2.75) is 13.3 Å². The monoisotopic (exact) mass is 320 g/mol. The lowest BCUT2D eigenvalue weighted by atomic mass is 10.1. The van der Waals surface area contributed by atoms with E-state index in [1.165, 1.54) is 0 Å². The molecule has 2 amide bonds. The molecule has 0 saturated heterocycles. The van der Waals surface area contributed by atoms with Crippen LogP contribution in [0.1, 0.15) is 23.0 Å². The predicted molar refractivity (Wildman–Crippen MR) is 92.3 cm³/mol. The number of nitrogens with zero attached hydrogens (tertiary/aromatic N) is 1. The summed E-state index contributed by atoms with van der Waals surface area (Å²) in [7, 11) is 0. The number of likely N-dealkylation sites (N-methyl/N-ethyl adjacent to an activating group) is 1. The number of nitrogens with one attached hydrogen (secondary N) is 1. The Morgan fingerprint density at radius 3 is 2.83 bits per heavy atom. The maximum absolute atomic E-state index is 12.4. The fraction of sp³-hybridized carbons (Fsp3) is 0.158. The van der Waals surface area contributed by atoms with Crippen LogP contribution in [0.5, 0.6) is 0 Å². The average molecular weight is 320 g/mol. The molecule has 120 valence electrons. The molecule has 4 rings (SSSR count). The molecule has 5 nitrogen and oxygen atoms in total. The van der Waals surface area contributed by atoms with Gasteiger partial charge in [-0.25, -0.2) is 0 Å². The van der Waals surface area contributed by atoms with Crippen molar-refractivity contribution >= 4 is 34.2 Å². The molecule has 1 N–H and O–H groups in total. The lowest BCUT2D eigenvalue weighted by molar-refractivity contribution is -0.117. The van der Waals surface area contributed by atoms with E-state index in [4.69, 9.17) is 4.42 Å². The number of carbonyl (C=O) groups excluding carboxylic acids is 2. The van der Waals surface area contributed by atoms with Gasteiger partial charge in [-0.3, -0.25) is 9.59 Å². The molecule has 1 aliphatic rings. The Bertz CT molecular complexity index is 925. The van der Waals surface area contributed by atoms with Crippen LogP contribution < -0.4 is 10.2 Å². The number of hydrogen-bond donors (Lipinski definition) is 1. The van der Waals surface area contributed by atoms with Crippen LogP contribution in [0.4, 0.5) is 11.4 Å². The molecular weight excluding hydrogens is 304 g/mol. The highest BCUT2D eigenvalue weighted by Crippen LogP contribution is 2.31. The van der Waals surface area contributed by atoms with E-state index in [0.29, 0.717) is 24.2 Å². The zero-order valence-corrected chi connectivity index (χ0v) is 13.2. The summed E-state index contributed by atoms with van der Waals surface area (Å²) in [5.41, 5.74) is 3.19. The summed E-state index contributed by atoms with van der Waals surface area (Å²) in [6.07, 6.45) is 0.373. The Morgan fingerprint density at radius 2 is 2.04 bits per heavy atom. The second-order valence-corrected chi connectivity index (χ2v) is 5.76. The van der Waals surface area contributed by atoms with E-state index in [1.54, 1.807) is 17.0 Å². The fourth-order valence-corrected chi connectivity index (χ4v) is 3.09. The topological polar surface area (TPSA) is 62.6 Å². The number of rotatable bonds is 3. The van der Waals surface area contributed by atoms with Crippen molar-refractivity contribution in [1.82, 2.24) is 0 Å². The smallest absolute Gasteiger partial charge is 0.291 e. The van der Waals surface area contributed by atoms with Crippen LogP contribution in [-0.4, -0.2) is 18.4 Å². The van der Waals surface area contributed by atoms with Crippen molar-refractivity contribution in [2.24, 2.45) is 0 Å². The minimum absolute atomic E-state index is 0.0910. The standard InChI is InChI=1S/C19H16N2O3/c1-2-21-15-8-7-14(9-13(15)11-18(21)22)20-19(23)17-10-12-5-3-4-6-16(12)24-17/h3-10H,2,11H2,1H3,(H,20,23). The van der Waals surface area contributed by atoms with Crippen molar-refractivity contribution in [1.29, 1.82) is 0 Å². The van der Waals surface area contributed by atoms with Crippen LogP contribution >= 0.6 is 0 Å². The van der Waals surface area contributed by atoms with Crippen LogP contribution in [-0.2, 0) is 11.2 Å². The van der Waals surface area contributed by atoms with Crippen molar-refractivity contribution in [3.8, 4) is 0 Å². The van der Waals surface area contributed by atoms with Crippen LogP contribution in [0, 0.1) is 0 Å². The highest BCUT2D eigenvalue weighted by Gasteiger charge is 2.26. The predicted octanol–water partition coefficient (Wildman–Crippen LogP) is 3.59. The van der Waals surface area contributed by atoms with E-state index in [-0.39, 0.29) is 17.6 Å². The summed E-state index contributed by atoms with van der Waals surface area (Å²) >= 11 is 0. The van der Waals surface area contributed by atoms with E-state index in [0.717, 1.165) is 16.6 Å². The summed E-state index contributed by atoms with van der Waals surface area (Å²) < 4.78 is 5.57. The van der Waals surface area contributed by atoms with Gasteiger partial charge in [-0.15, -0.1) is 0 Å². The highest BCUT2D eigenvalue weighted by atomic mass is 16.3. The van der Waals surface area contributed by atoms with Gasteiger partial charge in [-0.1, -0.05) is 18.2 Å². The first-order valence-electron chi connectivity index (χ1n) is 7.89. The van der Waals surface area contributed by atoms with Crippen LogP contribution in [0.15, 0.2) is 52.9 Å². The van der Waals surface area contributed by atoms with Gasteiger partial charge in [0, 0.05) is 23.3 Å². The van der Waals surface area contributed by atoms with Crippen LogP contribution in [0.2, 0.25) is 0 Å². The third kappa shape index (κ3) is 2.34. The van der Waals surface area contributed by atoms with Crippen LogP contribution in [0.25, 0.3) is 11.0 Å². The number of hydrogen-bond acceptors (Lipinski definition) is 3. The minimum atomic E-state index is -0.303. The number of anilines is 2. The average Bonchev–Trinajstić information content (AvgIpc) is 3.14. The summed E-state index contributed by atoms with van der Waals surface area (Å²) in [5, 5.41) is 3.72. The molecule has 5 heteroatoms. The molecule has 0 unspecified atom stereocenters.